The van der Waals surface area contributed by atoms with Crippen molar-refractivity contribution in [1.29, 1.82) is 0 Å². The molecule has 0 aromatic heterocycles. The van der Waals surface area contributed by atoms with Crippen LogP contribution >= 0.6 is 11.6 Å². The van der Waals surface area contributed by atoms with Crippen molar-refractivity contribution in [3.05, 3.63) is 23.2 Å². The summed E-state index contributed by atoms with van der Waals surface area (Å²) in [5.41, 5.74) is 1.19. The molecule has 3 nitrogen and oxygen atoms in total. The van der Waals surface area contributed by atoms with Crippen molar-refractivity contribution in [2.75, 3.05) is 38.7 Å². The SMILES string of the molecule is CNCC1CCN(c2ccc(OC)c(Cl)c2)C1. The fourth-order valence-corrected chi connectivity index (χ4v) is 2.63. The van der Waals surface area contributed by atoms with Crippen LogP contribution in [-0.2, 0) is 0 Å². The number of ether oxygens (including phenoxy) is 1. The average Bonchev–Trinajstić information content (AvgIpc) is 2.78. The van der Waals surface area contributed by atoms with Gasteiger partial charge < -0.3 is 15.0 Å². The van der Waals surface area contributed by atoms with Crippen LogP contribution in [0.4, 0.5) is 5.69 Å². The van der Waals surface area contributed by atoms with Crippen LogP contribution in [0, 0.1) is 5.92 Å². The third kappa shape index (κ3) is 2.85. The summed E-state index contributed by atoms with van der Waals surface area (Å²) in [6.07, 6.45) is 1.24. The Labute approximate surface area is 108 Å². The zero-order valence-corrected chi connectivity index (χ0v) is 11.1. The molecule has 1 heterocycles. The number of nitrogens with zero attached hydrogens (tertiary/aromatic N) is 1. The second-order valence-corrected chi connectivity index (χ2v) is 4.88. The second kappa shape index (κ2) is 5.61. The topological polar surface area (TPSA) is 24.5 Å². The number of methoxy groups -OCH3 is 1. The van der Waals surface area contributed by atoms with Crippen molar-refractivity contribution in [3.63, 3.8) is 0 Å². The van der Waals surface area contributed by atoms with E-state index in [9.17, 15) is 0 Å². The Bertz CT molecular complexity index is 384. The van der Waals surface area contributed by atoms with E-state index in [4.69, 9.17) is 16.3 Å². The molecule has 1 N–H and O–H groups in total. The predicted octanol–water partition coefficient (Wildman–Crippen LogP) is 2.39. The highest BCUT2D eigenvalue weighted by Crippen LogP contribution is 2.31. The predicted molar refractivity (Wildman–Crippen MR) is 72.3 cm³/mol. The number of rotatable bonds is 4. The second-order valence-electron chi connectivity index (χ2n) is 4.48. The molecular weight excluding hydrogens is 236 g/mol. The molecule has 1 aromatic rings. The maximum Gasteiger partial charge on any atom is 0.137 e. The van der Waals surface area contributed by atoms with Crippen molar-refractivity contribution in [3.8, 4) is 5.75 Å². The molecular formula is C13H19ClN2O. The molecule has 1 aromatic carbocycles. The van der Waals surface area contributed by atoms with Gasteiger partial charge in [-0.2, -0.15) is 0 Å². The van der Waals surface area contributed by atoms with E-state index in [0.717, 1.165) is 31.3 Å². The summed E-state index contributed by atoms with van der Waals surface area (Å²) in [5.74, 6) is 1.47. The van der Waals surface area contributed by atoms with E-state index < -0.39 is 0 Å². The van der Waals surface area contributed by atoms with Crippen molar-refractivity contribution < 1.29 is 4.74 Å². The summed E-state index contributed by atoms with van der Waals surface area (Å²) in [6, 6.07) is 6.00. The standard InChI is InChI=1S/C13H19ClN2O/c1-15-8-10-5-6-16(9-10)11-3-4-13(17-2)12(14)7-11/h3-4,7,10,15H,5-6,8-9H2,1-2H3. The molecule has 0 aliphatic carbocycles. The zero-order chi connectivity index (χ0) is 12.3. The van der Waals surface area contributed by atoms with Crippen LogP contribution in [0.1, 0.15) is 6.42 Å². The molecule has 1 saturated heterocycles. The minimum atomic E-state index is 0.682. The number of nitrogens with one attached hydrogen (secondary N) is 1. The van der Waals surface area contributed by atoms with Crippen molar-refractivity contribution in [1.82, 2.24) is 5.32 Å². The summed E-state index contributed by atoms with van der Waals surface area (Å²) in [4.78, 5) is 2.38. The average molecular weight is 255 g/mol. The Morgan fingerprint density at radius 3 is 3.00 bits per heavy atom. The Hall–Kier alpha value is -0.930. The molecule has 0 spiro atoms. The molecule has 0 saturated carbocycles. The van der Waals surface area contributed by atoms with E-state index >= 15 is 0 Å². The van der Waals surface area contributed by atoms with Gasteiger partial charge in [0.1, 0.15) is 5.75 Å². The fourth-order valence-electron chi connectivity index (χ4n) is 2.37. The Morgan fingerprint density at radius 1 is 1.53 bits per heavy atom. The van der Waals surface area contributed by atoms with Gasteiger partial charge in [0.2, 0.25) is 0 Å². The molecule has 0 radical (unpaired) electrons. The smallest absolute Gasteiger partial charge is 0.137 e. The molecule has 1 aliphatic rings. The summed E-state index contributed by atoms with van der Waals surface area (Å²) >= 11 is 6.14. The van der Waals surface area contributed by atoms with Gasteiger partial charge in [-0.3, -0.25) is 0 Å². The van der Waals surface area contributed by atoms with Crippen molar-refractivity contribution >= 4 is 17.3 Å². The molecule has 0 amide bonds. The van der Waals surface area contributed by atoms with Crippen LogP contribution < -0.4 is 15.0 Å². The van der Waals surface area contributed by atoms with Crippen molar-refractivity contribution in [2.45, 2.75) is 6.42 Å². The summed E-state index contributed by atoms with van der Waals surface area (Å²) in [5, 5.41) is 3.92. The van der Waals surface area contributed by atoms with Gasteiger partial charge in [-0.25, -0.2) is 0 Å². The lowest BCUT2D eigenvalue weighted by atomic mass is 10.1. The van der Waals surface area contributed by atoms with Gasteiger partial charge in [0.25, 0.3) is 0 Å². The zero-order valence-electron chi connectivity index (χ0n) is 10.4. The molecule has 17 heavy (non-hydrogen) atoms. The lowest BCUT2D eigenvalue weighted by molar-refractivity contribution is 0.415. The number of halogens is 1. The largest absolute Gasteiger partial charge is 0.495 e. The van der Waals surface area contributed by atoms with E-state index in [0.29, 0.717) is 5.02 Å². The van der Waals surface area contributed by atoms with Crippen LogP contribution in [0.5, 0.6) is 5.75 Å². The summed E-state index contributed by atoms with van der Waals surface area (Å²) in [7, 11) is 3.65. The maximum atomic E-state index is 6.14. The fraction of sp³-hybridized carbons (Fsp3) is 0.538. The van der Waals surface area contributed by atoms with Gasteiger partial charge in [-0.15, -0.1) is 0 Å². The lowest BCUT2D eigenvalue weighted by Gasteiger charge is -2.19. The summed E-state index contributed by atoms with van der Waals surface area (Å²) < 4.78 is 5.16. The van der Waals surface area contributed by atoms with Gasteiger partial charge >= 0.3 is 0 Å². The molecule has 0 bridgehead atoms. The molecule has 1 unspecified atom stereocenters. The highest BCUT2D eigenvalue weighted by molar-refractivity contribution is 6.32. The molecule has 2 rings (SSSR count). The van der Waals surface area contributed by atoms with Gasteiger partial charge in [0.15, 0.2) is 0 Å². The lowest BCUT2D eigenvalue weighted by Crippen LogP contribution is -2.24. The first-order valence-electron chi connectivity index (χ1n) is 5.97. The maximum absolute atomic E-state index is 6.14. The van der Waals surface area contributed by atoms with Gasteiger partial charge in [-0.05, 0) is 44.1 Å². The first-order valence-corrected chi connectivity index (χ1v) is 6.35. The van der Waals surface area contributed by atoms with E-state index in [1.807, 2.05) is 19.2 Å². The third-order valence-electron chi connectivity index (χ3n) is 3.28. The highest BCUT2D eigenvalue weighted by atomic mass is 35.5. The first-order chi connectivity index (χ1) is 8.24. The van der Waals surface area contributed by atoms with Crippen LogP contribution in [-0.4, -0.2) is 33.8 Å². The number of benzene rings is 1. The van der Waals surface area contributed by atoms with E-state index in [-0.39, 0.29) is 0 Å². The van der Waals surface area contributed by atoms with Gasteiger partial charge in [0, 0.05) is 18.8 Å². The van der Waals surface area contributed by atoms with Gasteiger partial charge in [0.05, 0.1) is 12.1 Å². The Balaban J connectivity index is 2.06. The number of hydrogen-bond acceptors (Lipinski definition) is 3. The Morgan fingerprint density at radius 2 is 2.35 bits per heavy atom. The molecule has 94 valence electrons. The molecule has 1 fully saturated rings. The van der Waals surface area contributed by atoms with E-state index in [1.54, 1.807) is 7.11 Å². The van der Waals surface area contributed by atoms with Crippen LogP contribution in [0.15, 0.2) is 18.2 Å². The monoisotopic (exact) mass is 254 g/mol. The number of anilines is 1. The normalized spacial score (nSPS) is 19.7. The molecule has 1 aliphatic heterocycles. The first kappa shape index (κ1) is 12.5. The minimum Gasteiger partial charge on any atom is -0.495 e. The van der Waals surface area contributed by atoms with Crippen molar-refractivity contribution in [2.24, 2.45) is 5.92 Å². The Kier molecular flexibility index (Phi) is 4.13. The summed E-state index contributed by atoms with van der Waals surface area (Å²) in [6.45, 7) is 3.29. The minimum absolute atomic E-state index is 0.682. The van der Waals surface area contributed by atoms with E-state index in [2.05, 4.69) is 16.3 Å². The van der Waals surface area contributed by atoms with Crippen LogP contribution in [0.3, 0.4) is 0 Å². The third-order valence-corrected chi connectivity index (χ3v) is 3.57. The number of hydrogen-bond donors (Lipinski definition) is 1. The van der Waals surface area contributed by atoms with E-state index in [1.165, 1.54) is 12.1 Å². The van der Waals surface area contributed by atoms with Gasteiger partial charge in [-0.1, -0.05) is 11.6 Å². The highest BCUT2D eigenvalue weighted by Gasteiger charge is 2.22. The quantitative estimate of drug-likeness (QED) is 0.893. The van der Waals surface area contributed by atoms with Crippen LogP contribution in [0.25, 0.3) is 0 Å². The molecule has 4 heteroatoms. The molecule has 1 atom stereocenters. The van der Waals surface area contributed by atoms with Crippen LogP contribution in [0.2, 0.25) is 5.02 Å².